The van der Waals surface area contributed by atoms with Crippen LogP contribution in [0.15, 0.2) is 30.3 Å². The van der Waals surface area contributed by atoms with Crippen LogP contribution in [0, 0.1) is 0 Å². The molecule has 2 aromatic carbocycles. The standard InChI is InChI=1S/C25H34N2O5/c1-5-27(18-8-6-7-9-18)25(28)20-16-21(23(30-3)24(31-4)22(20)29-2)32-19-12-10-17(11-13-19)14-15-26/h10-13,16,18H,5-9,14-15,26H2,1-4H3. The predicted molar refractivity (Wildman–Crippen MR) is 124 cm³/mol. The lowest BCUT2D eigenvalue weighted by Crippen LogP contribution is -2.38. The second-order valence-corrected chi connectivity index (χ2v) is 7.84. The number of methoxy groups -OCH3 is 3. The summed E-state index contributed by atoms with van der Waals surface area (Å²) in [5, 5.41) is 0. The molecule has 3 rings (SSSR count). The summed E-state index contributed by atoms with van der Waals surface area (Å²) in [5.41, 5.74) is 7.16. The normalized spacial score (nSPS) is 13.7. The summed E-state index contributed by atoms with van der Waals surface area (Å²) in [4.78, 5) is 15.5. The molecule has 0 unspecified atom stereocenters. The fourth-order valence-corrected chi connectivity index (χ4v) is 4.37. The third-order valence-corrected chi connectivity index (χ3v) is 5.95. The lowest BCUT2D eigenvalue weighted by atomic mass is 10.1. The number of nitrogens with two attached hydrogens (primary N) is 1. The average molecular weight is 443 g/mol. The van der Waals surface area contributed by atoms with Crippen molar-refractivity contribution in [2.45, 2.75) is 45.1 Å². The van der Waals surface area contributed by atoms with Gasteiger partial charge in [-0.1, -0.05) is 25.0 Å². The van der Waals surface area contributed by atoms with E-state index >= 15 is 0 Å². The van der Waals surface area contributed by atoms with Crippen molar-refractivity contribution in [2.24, 2.45) is 5.73 Å². The summed E-state index contributed by atoms with van der Waals surface area (Å²) in [5.74, 6) is 1.96. The number of amides is 1. The maximum absolute atomic E-state index is 13.6. The largest absolute Gasteiger partial charge is 0.492 e. The average Bonchev–Trinajstić information content (AvgIpc) is 3.34. The van der Waals surface area contributed by atoms with Gasteiger partial charge in [0.15, 0.2) is 11.5 Å². The number of carbonyl (C=O) groups is 1. The van der Waals surface area contributed by atoms with E-state index in [4.69, 9.17) is 24.7 Å². The molecule has 2 aromatic rings. The van der Waals surface area contributed by atoms with Gasteiger partial charge >= 0.3 is 0 Å². The summed E-state index contributed by atoms with van der Waals surface area (Å²) >= 11 is 0. The number of hydrogen-bond acceptors (Lipinski definition) is 6. The first-order valence-electron chi connectivity index (χ1n) is 11.2. The molecule has 0 radical (unpaired) electrons. The number of nitrogens with zero attached hydrogens (tertiary/aromatic N) is 1. The zero-order valence-electron chi connectivity index (χ0n) is 19.5. The van der Waals surface area contributed by atoms with Gasteiger partial charge in [-0.15, -0.1) is 0 Å². The molecule has 0 atom stereocenters. The number of ether oxygens (including phenoxy) is 4. The van der Waals surface area contributed by atoms with Crippen LogP contribution in [0.1, 0.15) is 48.5 Å². The van der Waals surface area contributed by atoms with Gasteiger partial charge in [-0.25, -0.2) is 0 Å². The topological polar surface area (TPSA) is 83.3 Å². The highest BCUT2D eigenvalue weighted by Crippen LogP contribution is 2.48. The molecule has 1 amide bonds. The Balaban J connectivity index is 2.03. The highest BCUT2D eigenvalue weighted by atomic mass is 16.5. The van der Waals surface area contributed by atoms with Gasteiger partial charge in [0.25, 0.3) is 5.91 Å². The van der Waals surface area contributed by atoms with Crippen LogP contribution < -0.4 is 24.7 Å². The van der Waals surface area contributed by atoms with Crippen molar-refractivity contribution in [1.82, 2.24) is 4.90 Å². The second-order valence-electron chi connectivity index (χ2n) is 7.84. The molecular formula is C25H34N2O5. The molecule has 1 aliphatic rings. The van der Waals surface area contributed by atoms with Gasteiger partial charge < -0.3 is 29.6 Å². The van der Waals surface area contributed by atoms with E-state index in [0.717, 1.165) is 37.7 Å². The lowest BCUT2D eigenvalue weighted by Gasteiger charge is -2.29. The number of carbonyl (C=O) groups excluding carboxylic acids is 1. The minimum absolute atomic E-state index is 0.0969. The van der Waals surface area contributed by atoms with Gasteiger partial charge in [0, 0.05) is 18.7 Å². The molecule has 7 heteroatoms. The van der Waals surface area contributed by atoms with E-state index in [1.54, 1.807) is 6.07 Å². The fraction of sp³-hybridized carbons (Fsp3) is 0.480. The van der Waals surface area contributed by atoms with Crippen LogP contribution in [0.2, 0.25) is 0 Å². The van der Waals surface area contributed by atoms with E-state index in [2.05, 4.69) is 0 Å². The van der Waals surface area contributed by atoms with E-state index in [9.17, 15) is 4.79 Å². The van der Waals surface area contributed by atoms with E-state index in [-0.39, 0.29) is 11.9 Å². The van der Waals surface area contributed by atoms with Gasteiger partial charge in [0.1, 0.15) is 5.75 Å². The molecule has 1 saturated carbocycles. The molecule has 7 nitrogen and oxygen atoms in total. The minimum atomic E-state index is -0.0969. The van der Waals surface area contributed by atoms with Crippen molar-refractivity contribution in [2.75, 3.05) is 34.4 Å². The first-order chi connectivity index (χ1) is 15.6. The molecule has 1 aliphatic carbocycles. The van der Waals surface area contributed by atoms with Crippen molar-refractivity contribution >= 4 is 5.91 Å². The summed E-state index contributed by atoms with van der Waals surface area (Å²) in [6, 6.07) is 9.62. The quantitative estimate of drug-likeness (QED) is 0.587. The fourth-order valence-electron chi connectivity index (χ4n) is 4.37. The SMILES string of the molecule is CCN(C(=O)c1cc(Oc2ccc(CCN)cc2)c(OC)c(OC)c1OC)C1CCCC1. The highest BCUT2D eigenvalue weighted by Gasteiger charge is 2.32. The Morgan fingerprint density at radius 1 is 1.00 bits per heavy atom. The van der Waals surface area contributed by atoms with Gasteiger partial charge in [-0.05, 0) is 50.4 Å². The van der Waals surface area contributed by atoms with Crippen LogP contribution in [0.25, 0.3) is 0 Å². The number of hydrogen-bond donors (Lipinski definition) is 1. The Bertz CT molecular complexity index is 908. The second kappa shape index (κ2) is 11.1. The van der Waals surface area contributed by atoms with Crippen LogP contribution >= 0.6 is 0 Å². The number of rotatable bonds is 10. The Kier molecular flexibility index (Phi) is 8.22. The van der Waals surface area contributed by atoms with Crippen molar-refractivity contribution in [3.63, 3.8) is 0 Å². The molecule has 0 spiro atoms. The van der Waals surface area contributed by atoms with Crippen molar-refractivity contribution in [1.29, 1.82) is 0 Å². The summed E-state index contributed by atoms with van der Waals surface area (Å²) in [7, 11) is 4.58. The zero-order valence-corrected chi connectivity index (χ0v) is 19.5. The molecular weight excluding hydrogens is 408 g/mol. The van der Waals surface area contributed by atoms with E-state index in [1.165, 1.54) is 21.3 Å². The smallest absolute Gasteiger partial charge is 0.258 e. The van der Waals surface area contributed by atoms with Crippen LogP contribution in [0.3, 0.4) is 0 Å². The first kappa shape index (κ1) is 23.7. The lowest BCUT2D eigenvalue weighted by molar-refractivity contribution is 0.0689. The summed E-state index contributed by atoms with van der Waals surface area (Å²) < 4.78 is 23.0. The Morgan fingerprint density at radius 3 is 2.16 bits per heavy atom. The maximum Gasteiger partial charge on any atom is 0.258 e. The number of benzene rings is 2. The Hall–Kier alpha value is -2.93. The Morgan fingerprint density at radius 2 is 1.62 bits per heavy atom. The monoisotopic (exact) mass is 442 g/mol. The molecule has 2 N–H and O–H groups in total. The molecule has 1 fully saturated rings. The van der Waals surface area contributed by atoms with Gasteiger partial charge in [-0.2, -0.15) is 0 Å². The predicted octanol–water partition coefficient (Wildman–Crippen LogP) is 4.41. The molecule has 174 valence electrons. The van der Waals surface area contributed by atoms with Gasteiger partial charge in [0.2, 0.25) is 11.5 Å². The van der Waals surface area contributed by atoms with Gasteiger partial charge in [-0.3, -0.25) is 4.79 Å². The molecule has 0 bridgehead atoms. The van der Waals surface area contributed by atoms with Gasteiger partial charge in [0.05, 0.1) is 26.9 Å². The van der Waals surface area contributed by atoms with Crippen LogP contribution in [0.5, 0.6) is 28.7 Å². The van der Waals surface area contributed by atoms with Crippen molar-refractivity contribution in [3.05, 3.63) is 41.5 Å². The van der Waals surface area contributed by atoms with E-state index in [0.29, 0.717) is 47.4 Å². The van der Waals surface area contributed by atoms with Crippen LogP contribution in [-0.4, -0.2) is 51.3 Å². The third-order valence-electron chi connectivity index (χ3n) is 5.95. The highest BCUT2D eigenvalue weighted by molar-refractivity contribution is 5.99. The summed E-state index contributed by atoms with van der Waals surface area (Å²) in [6.45, 7) is 3.22. The molecule has 0 aromatic heterocycles. The minimum Gasteiger partial charge on any atom is -0.492 e. The van der Waals surface area contributed by atoms with Crippen molar-refractivity contribution < 1.29 is 23.7 Å². The van der Waals surface area contributed by atoms with E-state index < -0.39 is 0 Å². The molecule has 0 saturated heterocycles. The molecule has 0 aliphatic heterocycles. The molecule has 0 heterocycles. The van der Waals surface area contributed by atoms with E-state index in [1.807, 2.05) is 36.1 Å². The van der Waals surface area contributed by atoms with Crippen molar-refractivity contribution in [3.8, 4) is 28.7 Å². The Labute approximate surface area is 190 Å². The maximum atomic E-state index is 13.6. The third kappa shape index (κ3) is 4.93. The zero-order chi connectivity index (χ0) is 23.1. The van der Waals surface area contributed by atoms with Crippen LogP contribution in [-0.2, 0) is 6.42 Å². The summed E-state index contributed by atoms with van der Waals surface area (Å²) in [6.07, 6.45) is 5.13. The first-order valence-corrected chi connectivity index (χ1v) is 11.2. The molecule has 32 heavy (non-hydrogen) atoms. The van der Waals surface area contributed by atoms with Crippen LogP contribution in [0.4, 0.5) is 0 Å².